The number of ether oxygens (including phenoxy) is 2. The minimum atomic E-state index is 0.280. The van der Waals surface area contributed by atoms with Crippen LogP contribution in [0.15, 0.2) is 28.8 Å². The van der Waals surface area contributed by atoms with Crippen molar-refractivity contribution >= 4 is 24.0 Å². The maximum atomic E-state index is 9.50. The van der Waals surface area contributed by atoms with Crippen LogP contribution in [-0.2, 0) is 14.3 Å². The van der Waals surface area contributed by atoms with E-state index < -0.39 is 0 Å². The van der Waals surface area contributed by atoms with Crippen molar-refractivity contribution in [3.63, 3.8) is 0 Å². The van der Waals surface area contributed by atoms with E-state index in [0.29, 0.717) is 30.5 Å². The molecule has 1 saturated carbocycles. The summed E-state index contributed by atoms with van der Waals surface area (Å²) in [5.41, 5.74) is 2.43. The zero-order valence-corrected chi connectivity index (χ0v) is 19.1. The molecule has 4 unspecified atom stereocenters. The summed E-state index contributed by atoms with van der Waals surface area (Å²) in [6.07, 6.45) is 10.2. The molecule has 0 aromatic carbocycles. The standard InChI is InChI=1S/C18H25N3O2S.C4H9NO/c1-22-13-5-3-11(7-13)15-9-18(21-20-15)19-12-4-6-17-14(8-12)16(23-2)10-24-17;1-4(2)5-3-6/h4,6,9,11,13-14,16H,3,5,7-8,10H2,1-2H3,(H2,19,20,21);3-4H,1-2H3,(H,5,6). The monoisotopic (exact) mass is 434 g/mol. The Labute approximate surface area is 183 Å². The van der Waals surface area contributed by atoms with Gasteiger partial charge in [0, 0.05) is 55.3 Å². The predicted molar refractivity (Wildman–Crippen MR) is 121 cm³/mol. The molecular weight excluding hydrogens is 400 g/mol. The van der Waals surface area contributed by atoms with E-state index in [9.17, 15) is 4.79 Å². The summed E-state index contributed by atoms with van der Waals surface area (Å²) >= 11 is 1.92. The lowest BCUT2D eigenvalue weighted by molar-refractivity contribution is -0.109. The van der Waals surface area contributed by atoms with Gasteiger partial charge in [0.2, 0.25) is 6.41 Å². The van der Waals surface area contributed by atoms with E-state index in [-0.39, 0.29) is 6.04 Å². The van der Waals surface area contributed by atoms with Gasteiger partial charge >= 0.3 is 0 Å². The molecule has 2 aliphatic carbocycles. The Morgan fingerprint density at radius 3 is 2.73 bits per heavy atom. The number of thioether (sulfide) groups is 1. The molecule has 2 fully saturated rings. The molecule has 3 N–H and O–H groups in total. The maximum Gasteiger partial charge on any atom is 0.207 e. The first-order valence-electron chi connectivity index (χ1n) is 10.6. The highest BCUT2D eigenvalue weighted by atomic mass is 32.2. The number of hydrogen-bond acceptors (Lipinski definition) is 6. The molecule has 1 aromatic heterocycles. The predicted octanol–water partition coefficient (Wildman–Crippen LogP) is 3.79. The van der Waals surface area contributed by atoms with Crippen molar-refractivity contribution in [1.29, 1.82) is 0 Å². The molecule has 1 aliphatic heterocycles. The third-order valence-electron chi connectivity index (χ3n) is 5.87. The first-order chi connectivity index (χ1) is 14.5. The van der Waals surface area contributed by atoms with Crippen LogP contribution in [0.5, 0.6) is 0 Å². The van der Waals surface area contributed by atoms with Gasteiger partial charge in [-0.25, -0.2) is 0 Å². The molecule has 4 rings (SSSR count). The molecule has 8 heteroatoms. The average molecular weight is 435 g/mol. The number of nitrogens with zero attached hydrogens (tertiary/aromatic N) is 1. The van der Waals surface area contributed by atoms with Crippen molar-refractivity contribution in [2.24, 2.45) is 5.92 Å². The van der Waals surface area contributed by atoms with E-state index in [4.69, 9.17) is 9.47 Å². The van der Waals surface area contributed by atoms with Crippen molar-refractivity contribution < 1.29 is 14.3 Å². The minimum absolute atomic E-state index is 0.280. The van der Waals surface area contributed by atoms with E-state index in [2.05, 4.69) is 39.0 Å². The van der Waals surface area contributed by atoms with Crippen LogP contribution in [0.4, 0.5) is 5.82 Å². The SMILES string of the molecule is CC(C)NC=O.COC1CCC(c2cc(NC3=CC=C4SCC(OC)C4C3)n[nH]2)C1. The number of carbonyl (C=O) groups excluding carboxylic acids is 1. The molecule has 1 aromatic rings. The number of carbonyl (C=O) groups is 1. The molecular formula is C22H34N4O3S. The van der Waals surface area contributed by atoms with Crippen LogP contribution in [-0.4, -0.2) is 54.8 Å². The average Bonchev–Trinajstić information content (AvgIpc) is 3.47. The third-order valence-corrected chi connectivity index (χ3v) is 7.13. The number of anilines is 1. The maximum absolute atomic E-state index is 9.50. The number of rotatable bonds is 7. The number of allylic oxidation sites excluding steroid dienone is 3. The molecule has 0 spiro atoms. The topological polar surface area (TPSA) is 88.3 Å². The molecule has 4 atom stereocenters. The van der Waals surface area contributed by atoms with E-state index in [1.807, 2.05) is 32.7 Å². The van der Waals surface area contributed by atoms with E-state index in [0.717, 1.165) is 30.8 Å². The fourth-order valence-electron chi connectivity index (χ4n) is 4.15. The third kappa shape index (κ3) is 5.89. The van der Waals surface area contributed by atoms with Crippen LogP contribution in [0, 0.1) is 5.92 Å². The van der Waals surface area contributed by atoms with Crippen LogP contribution >= 0.6 is 11.8 Å². The second kappa shape index (κ2) is 11.0. The Hall–Kier alpha value is -1.77. The van der Waals surface area contributed by atoms with Gasteiger partial charge in [-0.3, -0.25) is 9.89 Å². The first kappa shape index (κ1) is 22.9. The first-order valence-corrected chi connectivity index (χ1v) is 11.6. The molecule has 0 radical (unpaired) electrons. The van der Waals surface area contributed by atoms with Crippen LogP contribution in [0.1, 0.15) is 51.1 Å². The van der Waals surface area contributed by atoms with Crippen LogP contribution in [0.3, 0.4) is 0 Å². The quantitative estimate of drug-likeness (QED) is 0.566. The lowest BCUT2D eigenvalue weighted by Crippen LogP contribution is -2.23. The van der Waals surface area contributed by atoms with E-state index in [1.54, 1.807) is 7.11 Å². The second-order valence-corrected chi connectivity index (χ2v) is 9.39. The summed E-state index contributed by atoms with van der Waals surface area (Å²) in [5.74, 6) is 2.99. The summed E-state index contributed by atoms with van der Waals surface area (Å²) in [7, 11) is 3.62. The largest absolute Gasteiger partial charge is 0.381 e. The summed E-state index contributed by atoms with van der Waals surface area (Å²) < 4.78 is 11.1. The summed E-state index contributed by atoms with van der Waals surface area (Å²) in [5, 5.41) is 13.7. The van der Waals surface area contributed by atoms with Crippen LogP contribution < -0.4 is 10.6 Å². The molecule has 0 bridgehead atoms. The fourth-order valence-corrected chi connectivity index (χ4v) is 5.49. The molecule has 30 heavy (non-hydrogen) atoms. The fraction of sp³-hybridized carbons (Fsp3) is 0.636. The van der Waals surface area contributed by atoms with Crippen molar-refractivity contribution in [1.82, 2.24) is 15.5 Å². The van der Waals surface area contributed by atoms with Gasteiger partial charge in [-0.05, 0) is 50.5 Å². The number of amides is 1. The van der Waals surface area contributed by atoms with Crippen molar-refractivity contribution in [2.75, 3.05) is 25.3 Å². The normalized spacial score (nSPS) is 27.6. The van der Waals surface area contributed by atoms with Gasteiger partial charge < -0.3 is 20.1 Å². The highest BCUT2D eigenvalue weighted by molar-refractivity contribution is 8.03. The highest BCUT2D eigenvalue weighted by Gasteiger charge is 2.34. The number of H-pyrrole nitrogens is 1. The lowest BCUT2D eigenvalue weighted by Gasteiger charge is -2.23. The number of methoxy groups -OCH3 is 2. The zero-order valence-electron chi connectivity index (χ0n) is 18.3. The van der Waals surface area contributed by atoms with Crippen molar-refractivity contribution in [2.45, 2.75) is 63.7 Å². The highest BCUT2D eigenvalue weighted by Crippen LogP contribution is 2.43. The smallest absolute Gasteiger partial charge is 0.207 e. The number of nitrogens with one attached hydrogen (secondary N) is 3. The van der Waals surface area contributed by atoms with Gasteiger partial charge in [0.15, 0.2) is 5.82 Å². The van der Waals surface area contributed by atoms with Gasteiger partial charge in [-0.1, -0.05) is 6.08 Å². The minimum Gasteiger partial charge on any atom is -0.381 e. The van der Waals surface area contributed by atoms with Gasteiger partial charge in [-0.2, -0.15) is 5.10 Å². The molecule has 1 amide bonds. The summed E-state index contributed by atoms with van der Waals surface area (Å²) in [4.78, 5) is 11.0. The Kier molecular flexibility index (Phi) is 8.41. The van der Waals surface area contributed by atoms with Gasteiger partial charge in [-0.15, -0.1) is 11.8 Å². The number of fused-ring (bicyclic) bond motifs is 1. The van der Waals surface area contributed by atoms with Gasteiger partial charge in [0.25, 0.3) is 0 Å². The molecule has 166 valence electrons. The molecule has 7 nitrogen and oxygen atoms in total. The summed E-state index contributed by atoms with van der Waals surface area (Å²) in [6, 6.07) is 2.43. The Morgan fingerprint density at radius 1 is 1.27 bits per heavy atom. The summed E-state index contributed by atoms with van der Waals surface area (Å²) in [6.45, 7) is 3.82. The number of aromatic nitrogens is 2. The molecule has 3 aliphatic rings. The van der Waals surface area contributed by atoms with Crippen molar-refractivity contribution in [3.8, 4) is 0 Å². The second-order valence-electron chi connectivity index (χ2n) is 8.30. The lowest BCUT2D eigenvalue weighted by atomic mass is 9.93. The van der Waals surface area contributed by atoms with Gasteiger partial charge in [0.1, 0.15) is 0 Å². The Bertz CT molecular complexity index is 761. The Balaban J connectivity index is 0.000000377. The zero-order chi connectivity index (χ0) is 21.5. The van der Waals surface area contributed by atoms with E-state index >= 15 is 0 Å². The van der Waals surface area contributed by atoms with Crippen LogP contribution in [0.2, 0.25) is 0 Å². The molecule has 2 heterocycles. The molecule has 1 saturated heterocycles. The van der Waals surface area contributed by atoms with E-state index in [1.165, 1.54) is 22.7 Å². The number of aromatic amines is 1. The number of hydrogen-bond donors (Lipinski definition) is 3. The Morgan fingerprint density at radius 2 is 2.10 bits per heavy atom. The van der Waals surface area contributed by atoms with Gasteiger partial charge in [0.05, 0.1) is 12.2 Å². The van der Waals surface area contributed by atoms with Crippen LogP contribution in [0.25, 0.3) is 0 Å². The van der Waals surface area contributed by atoms with Crippen molar-refractivity contribution in [3.05, 3.63) is 34.5 Å².